The molecule has 0 bridgehead atoms. The molecular formula is C16H15N3OS. The Hall–Kier alpha value is -2.40. The van der Waals surface area contributed by atoms with Crippen LogP contribution >= 0.6 is 11.3 Å². The van der Waals surface area contributed by atoms with Gasteiger partial charge in [-0.3, -0.25) is 4.79 Å². The summed E-state index contributed by atoms with van der Waals surface area (Å²) in [6.07, 6.45) is 0. The number of amides is 1. The molecule has 0 spiro atoms. The Kier molecular flexibility index (Phi) is 3.58. The van der Waals surface area contributed by atoms with Crippen molar-refractivity contribution >= 4 is 33.8 Å². The number of rotatable bonds is 3. The third-order valence-electron chi connectivity index (χ3n) is 3.31. The smallest absolute Gasteiger partial charge is 0.272 e. The molecule has 0 unspecified atom stereocenters. The number of pyridine rings is 1. The predicted octanol–water partition coefficient (Wildman–Crippen LogP) is 3.15. The molecule has 2 aromatic heterocycles. The van der Waals surface area contributed by atoms with Gasteiger partial charge in [-0.1, -0.05) is 18.2 Å². The van der Waals surface area contributed by atoms with E-state index in [1.807, 2.05) is 41.1 Å². The Morgan fingerprint density at radius 2 is 2.14 bits per heavy atom. The maximum atomic E-state index is 12.5. The number of nitrogens with two attached hydrogens (primary N) is 1. The van der Waals surface area contributed by atoms with E-state index in [0.29, 0.717) is 17.9 Å². The Morgan fingerprint density at radius 3 is 2.90 bits per heavy atom. The minimum absolute atomic E-state index is 0.126. The molecule has 0 aliphatic rings. The van der Waals surface area contributed by atoms with E-state index >= 15 is 0 Å². The minimum atomic E-state index is -0.126. The van der Waals surface area contributed by atoms with Crippen LogP contribution in [0.25, 0.3) is 10.9 Å². The van der Waals surface area contributed by atoms with Crippen LogP contribution in [0.4, 0.5) is 5.69 Å². The first-order chi connectivity index (χ1) is 10.1. The molecule has 4 nitrogen and oxygen atoms in total. The van der Waals surface area contributed by atoms with Crippen molar-refractivity contribution in [1.29, 1.82) is 0 Å². The minimum Gasteiger partial charge on any atom is -0.398 e. The van der Waals surface area contributed by atoms with E-state index in [0.717, 1.165) is 16.5 Å². The van der Waals surface area contributed by atoms with Gasteiger partial charge in [0.2, 0.25) is 0 Å². The van der Waals surface area contributed by atoms with Crippen LogP contribution < -0.4 is 5.73 Å². The zero-order valence-corrected chi connectivity index (χ0v) is 12.4. The summed E-state index contributed by atoms with van der Waals surface area (Å²) in [4.78, 5) is 18.5. The number of aromatic nitrogens is 1. The molecule has 2 heterocycles. The number of nitrogens with zero attached hydrogens (tertiary/aromatic N) is 2. The van der Waals surface area contributed by atoms with Gasteiger partial charge in [0.25, 0.3) is 5.91 Å². The molecule has 2 N–H and O–H groups in total. The lowest BCUT2D eigenvalue weighted by molar-refractivity contribution is 0.0780. The normalized spacial score (nSPS) is 10.7. The standard InChI is InChI=1S/C16H15N3OS/c1-19(9-11-6-7-21-10-11)16(20)15-8-13(17)12-4-2-3-5-14(12)18-15/h2-8,10H,9H2,1H3,(H2,17,18). The van der Waals surface area contributed by atoms with Gasteiger partial charge in [0, 0.05) is 24.7 Å². The first-order valence-electron chi connectivity index (χ1n) is 6.57. The molecule has 0 atom stereocenters. The molecular weight excluding hydrogens is 282 g/mol. The number of thiophene rings is 1. The number of anilines is 1. The Bertz CT molecular complexity index is 783. The Labute approximate surface area is 126 Å². The second-order valence-corrected chi connectivity index (χ2v) is 5.69. The van der Waals surface area contributed by atoms with Gasteiger partial charge < -0.3 is 10.6 Å². The number of fused-ring (bicyclic) bond motifs is 1. The highest BCUT2D eigenvalue weighted by Crippen LogP contribution is 2.21. The highest BCUT2D eigenvalue weighted by Gasteiger charge is 2.15. The number of nitrogen functional groups attached to an aromatic ring is 1. The first-order valence-corrected chi connectivity index (χ1v) is 7.51. The zero-order chi connectivity index (χ0) is 14.8. The van der Waals surface area contributed by atoms with Crippen LogP contribution in [0.2, 0.25) is 0 Å². The van der Waals surface area contributed by atoms with Crippen molar-refractivity contribution in [2.75, 3.05) is 12.8 Å². The highest BCUT2D eigenvalue weighted by atomic mass is 32.1. The molecule has 5 heteroatoms. The number of hydrogen-bond acceptors (Lipinski definition) is 4. The summed E-state index contributed by atoms with van der Waals surface area (Å²) in [7, 11) is 1.77. The van der Waals surface area contributed by atoms with E-state index in [4.69, 9.17) is 5.73 Å². The van der Waals surface area contributed by atoms with E-state index in [2.05, 4.69) is 4.98 Å². The molecule has 0 radical (unpaired) electrons. The second-order valence-electron chi connectivity index (χ2n) is 4.91. The molecule has 1 amide bonds. The number of benzene rings is 1. The van der Waals surface area contributed by atoms with Gasteiger partial charge in [-0.15, -0.1) is 0 Å². The lowest BCUT2D eigenvalue weighted by Gasteiger charge is -2.16. The maximum absolute atomic E-state index is 12.5. The van der Waals surface area contributed by atoms with E-state index in [-0.39, 0.29) is 5.91 Å². The molecule has 0 saturated heterocycles. The molecule has 0 saturated carbocycles. The quantitative estimate of drug-likeness (QED) is 0.808. The van der Waals surface area contributed by atoms with Gasteiger partial charge in [0.15, 0.2) is 0 Å². The summed E-state index contributed by atoms with van der Waals surface area (Å²) in [6, 6.07) is 11.2. The third kappa shape index (κ3) is 2.73. The molecule has 21 heavy (non-hydrogen) atoms. The van der Waals surface area contributed by atoms with Crippen LogP contribution in [-0.4, -0.2) is 22.8 Å². The van der Waals surface area contributed by atoms with Gasteiger partial charge in [-0.25, -0.2) is 4.98 Å². The summed E-state index contributed by atoms with van der Waals surface area (Å²) < 4.78 is 0. The molecule has 3 rings (SSSR count). The van der Waals surface area contributed by atoms with Gasteiger partial charge in [0.1, 0.15) is 5.69 Å². The van der Waals surface area contributed by atoms with Crippen molar-refractivity contribution < 1.29 is 4.79 Å². The zero-order valence-electron chi connectivity index (χ0n) is 11.6. The van der Waals surface area contributed by atoms with Crippen molar-refractivity contribution in [2.45, 2.75) is 6.54 Å². The summed E-state index contributed by atoms with van der Waals surface area (Å²) in [6.45, 7) is 0.566. The van der Waals surface area contributed by atoms with Crippen LogP contribution in [0, 0.1) is 0 Å². The topological polar surface area (TPSA) is 59.2 Å². The lowest BCUT2D eigenvalue weighted by atomic mass is 10.1. The fourth-order valence-electron chi connectivity index (χ4n) is 2.24. The predicted molar refractivity (Wildman–Crippen MR) is 86.3 cm³/mol. The first kappa shape index (κ1) is 13.6. The van der Waals surface area contributed by atoms with Gasteiger partial charge >= 0.3 is 0 Å². The monoisotopic (exact) mass is 297 g/mol. The number of carbonyl (C=O) groups is 1. The summed E-state index contributed by atoms with van der Waals surface area (Å²) in [5.41, 5.74) is 8.83. The fraction of sp³-hybridized carbons (Fsp3) is 0.125. The molecule has 106 valence electrons. The SMILES string of the molecule is CN(Cc1ccsc1)C(=O)c1cc(N)c2ccccc2n1. The number of carbonyl (C=O) groups excluding carboxylic acids is 1. The van der Waals surface area contributed by atoms with Crippen molar-refractivity contribution in [3.8, 4) is 0 Å². The summed E-state index contributed by atoms with van der Waals surface area (Å²) in [5.74, 6) is -0.126. The molecule has 0 aliphatic carbocycles. The largest absolute Gasteiger partial charge is 0.398 e. The molecule has 3 aromatic rings. The number of para-hydroxylation sites is 1. The fourth-order valence-corrected chi connectivity index (χ4v) is 2.90. The third-order valence-corrected chi connectivity index (χ3v) is 4.05. The van der Waals surface area contributed by atoms with Crippen LogP contribution in [0.3, 0.4) is 0 Å². The van der Waals surface area contributed by atoms with Crippen molar-refractivity contribution in [3.63, 3.8) is 0 Å². The van der Waals surface area contributed by atoms with E-state index in [9.17, 15) is 4.79 Å². The average molecular weight is 297 g/mol. The maximum Gasteiger partial charge on any atom is 0.272 e. The van der Waals surface area contributed by atoms with E-state index in [1.165, 1.54) is 0 Å². The molecule has 1 aromatic carbocycles. The van der Waals surface area contributed by atoms with Crippen LogP contribution in [0.5, 0.6) is 0 Å². The van der Waals surface area contributed by atoms with Gasteiger partial charge in [-0.05, 0) is 34.5 Å². The number of hydrogen-bond donors (Lipinski definition) is 1. The Balaban J connectivity index is 1.90. The van der Waals surface area contributed by atoms with Crippen molar-refractivity contribution in [2.24, 2.45) is 0 Å². The van der Waals surface area contributed by atoms with E-state index < -0.39 is 0 Å². The average Bonchev–Trinajstić information content (AvgIpc) is 2.99. The van der Waals surface area contributed by atoms with Crippen LogP contribution in [-0.2, 0) is 6.54 Å². The molecule has 0 fully saturated rings. The van der Waals surface area contributed by atoms with E-state index in [1.54, 1.807) is 29.4 Å². The van der Waals surface area contributed by atoms with Gasteiger partial charge in [0.05, 0.1) is 5.52 Å². The summed E-state index contributed by atoms with van der Waals surface area (Å²) >= 11 is 1.62. The van der Waals surface area contributed by atoms with Crippen molar-refractivity contribution in [1.82, 2.24) is 9.88 Å². The van der Waals surface area contributed by atoms with Crippen LogP contribution in [0.1, 0.15) is 16.1 Å². The van der Waals surface area contributed by atoms with Crippen LogP contribution in [0.15, 0.2) is 47.2 Å². The Morgan fingerprint density at radius 1 is 1.33 bits per heavy atom. The second kappa shape index (κ2) is 5.54. The lowest BCUT2D eigenvalue weighted by Crippen LogP contribution is -2.27. The summed E-state index contributed by atoms with van der Waals surface area (Å²) in [5, 5.41) is 4.90. The van der Waals surface area contributed by atoms with Gasteiger partial charge in [-0.2, -0.15) is 11.3 Å². The van der Waals surface area contributed by atoms with Crippen molar-refractivity contribution in [3.05, 3.63) is 58.4 Å². The highest BCUT2D eigenvalue weighted by molar-refractivity contribution is 7.07. The molecule has 0 aliphatic heterocycles.